The van der Waals surface area contributed by atoms with Crippen LogP contribution < -0.4 is 5.32 Å². The number of nitrogens with zero attached hydrogens (tertiary/aromatic N) is 2. The van der Waals surface area contributed by atoms with E-state index in [1.54, 1.807) is 0 Å². The highest BCUT2D eigenvalue weighted by atomic mass is 15.1. The fourth-order valence-electron chi connectivity index (χ4n) is 2.77. The Balaban J connectivity index is 1.97. The summed E-state index contributed by atoms with van der Waals surface area (Å²) in [6.45, 7) is 5.63. The van der Waals surface area contributed by atoms with E-state index in [9.17, 15) is 0 Å². The van der Waals surface area contributed by atoms with Gasteiger partial charge in [0.25, 0.3) is 0 Å². The van der Waals surface area contributed by atoms with Crippen LogP contribution in [0.1, 0.15) is 36.9 Å². The van der Waals surface area contributed by atoms with Crippen LogP contribution in [0.3, 0.4) is 0 Å². The molecule has 0 amide bonds. The molecule has 1 saturated heterocycles. The number of rotatable bonds is 4. The molecule has 1 aliphatic heterocycles. The average Bonchev–Trinajstić information content (AvgIpc) is 2.47. The Hall–Kier alpha value is -1.37. The van der Waals surface area contributed by atoms with Crippen molar-refractivity contribution in [3.05, 3.63) is 35.4 Å². The van der Waals surface area contributed by atoms with Gasteiger partial charge in [0.15, 0.2) is 0 Å². The van der Waals surface area contributed by atoms with Crippen molar-refractivity contribution in [2.45, 2.75) is 25.8 Å². The van der Waals surface area contributed by atoms with Gasteiger partial charge in [-0.05, 0) is 63.5 Å². The van der Waals surface area contributed by atoms with E-state index >= 15 is 0 Å². The summed E-state index contributed by atoms with van der Waals surface area (Å²) in [5, 5.41) is 12.4. The van der Waals surface area contributed by atoms with Gasteiger partial charge in [-0.15, -0.1) is 0 Å². The standard InChI is InChI=1S/C16H23N3/c1-13(16-7-3-5-14(9-16)10-17)19(2)12-15-6-4-8-18-11-15/h3,5,7,9,13,15,18H,4,6,8,11-12H2,1-2H3. The van der Waals surface area contributed by atoms with E-state index in [1.165, 1.54) is 24.9 Å². The van der Waals surface area contributed by atoms with Crippen LogP contribution >= 0.6 is 0 Å². The minimum Gasteiger partial charge on any atom is -0.316 e. The van der Waals surface area contributed by atoms with Gasteiger partial charge in [-0.25, -0.2) is 0 Å². The van der Waals surface area contributed by atoms with Gasteiger partial charge in [-0.1, -0.05) is 12.1 Å². The summed E-state index contributed by atoms with van der Waals surface area (Å²) in [7, 11) is 2.18. The third-order valence-electron chi connectivity index (χ3n) is 4.10. The van der Waals surface area contributed by atoms with E-state index in [2.05, 4.69) is 36.3 Å². The maximum atomic E-state index is 8.97. The van der Waals surface area contributed by atoms with Crippen LogP contribution in [0.4, 0.5) is 0 Å². The molecule has 3 nitrogen and oxygen atoms in total. The van der Waals surface area contributed by atoms with Crippen molar-refractivity contribution in [2.75, 3.05) is 26.7 Å². The number of hydrogen-bond acceptors (Lipinski definition) is 3. The van der Waals surface area contributed by atoms with Crippen molar-refractivity contribution in [1.82, 2.24) is 10.2 Å². The Morgan fingerprint density at radius 1 is 1.53 bits per heavy atom. The fourth-order valence-corrected chi connectivity index (χ4v) is 2.77. The summed E-state index contributed by atoms with van der Waals surface area (Å²) < 4.78 is 0. The summed E-state index contributed by atoms with van der Waals surface area (Å²) in [5.74, 6) is 0.750. The molecule has 1 aromatic carbocycles. The second kappa shape index (κ2) is 6.70. The molecule has 0 bridgehead atoms. The molecule has 1 fully saturated rings. The minimum absolute atomic E-state index is 0.357. The summed E-state index contributed by atoms with van der Waals surface area (Å²) in [6.07, 6.45) is 2.61. The maximum absolute atomic E-state index is 8.97. The van der Waals surface area contributed by atoms with Crippen LogP contribution in [0, 0.1) is 17.2 Å². The molecule has 1 aliphatic rings. The maximum Gasteiger partial charge on any atom is 0.0991 e. The van der Waals surface area contributed by atoms with Crippen LogP contribution in [0.2, 0.25) is 0 Å². The third-order valence-corrected chi connectivity index (χ3v) is 4.10. The molecule has 2 rings (SSSR count). The summed E-state index contributed by atoms with van der Waals surface area (Å²) in [6, 6.07) is 10.5. The van der Waals surface area contributed by atoms with E-state index in [0.29, 0.717) is 6.04 Å². The van der Waals surface area contributed by atoms with Gasteiger partial charge in [-0.2, -0.15) is 5.26 Å². The summed E-state index contributed by atoms with van der Waals surface area (Å²) in [5.41, 5.74) is 1.97. The molecule has 0 aromatic heterocycles. The Kier molecular flexibility index (Phi) is 4.95. The van der Waals surface area contributed by atoms with Gasteiger partial charge in [0, 0.05) is 12.6 Å². The molecule has 0 radical (unpaired) electrons. The number of benzene rings is 1. The zero-order valence-corrected chi connectivity index (χ0v) is 11.9. The Labute approximate surface area is 116 Å². The van der Waals surface area contributed by atoms with Gasteiger partial charge in [0.1, 0.15) is 0 Å². The van der Waals surface area contributed by atoms with E-state index in [4.69, 9.17) is 5.26 Å². The van der Waals surface area contributed by atoms with Gasteiger partial charge in [0.05, 0.1) is 11.6 Å². The van der Waals surface area contributed by atoms with Crippen molar-refractivity contribution in [3.63, 3.8) is 0 Å². The SMILES string of the molecule is CC(c1cccc(C#N)c1)N(C)CC1CCCNC1. The second-order valence-corrected chi connectivity index (χ2v) is 5.57. The zero-order chi connectivity index (χ0) is 13.7. The molecular weight excluding hydrogens is 234 g/mol. The largest absolute Gasteiger partial charge is 0.316 e. The molecule has 102 valence electrons. The molecule has 3 heteroatoms. The van der Waals surface area contributed by atoms with Gasteiger partial charge >= 0.3 is 0 Å². The predicted molar refractivity (Wildman–Crippen MR) is 77.8 cm³/mol. The van der Waals surface area contributed by atoms with E-state index < -0.39 is 0 Å². The van der Waals surface area contributed by atoms with Crippen molar-refractivity contribution in [3.8, 4) is 6.07 Å². The van der Waals surface area contributed by atoms with Crippen LogP contribution in [-0.2, 0) is 0 Å². The van der Waals surface area contributed by atoms with Crippen molar-refractivity contribution in [1.29, 1.82) is 5.26 Å². The third kappa shape index (κ3) is 3.79. The second-order valence-electron chi connectivity index (χ2n) is 5.57. The highest BCUT2D eigenvalue weighted by Gasteiger charge is 2.18. The molecule has 1 aromatic rings. The fraction of sp³-hybridized carbons (Fsp3) is 0.562. The lowest BCUT2D eigenvalue weighted by atomic mass is 9.97. The average molecular weight is 257 g/mol. The number of nitrogens with one attached hydrogen (secondary N) is 1. The lowest BCUT2D eigenvalue weighted by molar-refractivity contribution is 0.199. The molecule has 0 spiro atoms. The monoisotopic (exact) mass is 257 g/mol. The lowest BCUT2D eigenvalue weighted by Crippen LogP contribution is -2.37. The quantitative estimate of drug-likeness (QED) is 0.901. The first kappa shape index (κ1) is 14.0. The topological polar surface area (TPSA) is 39.1 Å². The number of piperidine rings is 1. The smallest absolute Gasteiger partial charge is 0.0991 e. The Bertz CT molecular complexity index is 444. The molecule has 1 heterocycles. The van der Waals surface area contributed by atoms with Gasteiger partial charge in [0.2, 0.25) is 0 Å². The Morgan fingerprint density at radius 3 is 3.05 bits per heavy atom. The van der Waals surface area contributed by atoms with Crippen molar-refractivity contribution >= 4 is 0 Å². The summed E-state index contributed by atoms with van der Waals surface area (Å²) in [4.78, 5) is 2.40. The normalized spacial score (nSPS) is 21.1. The predicted octanol–water partition coefficient (Wildman–Crippen LogP) is 2.55. The summed E-state index contributed by atoms with van der Waals surface area (Å²) >= 11 is 0. The van der Waals surface area contributed by atoms with Crippen LogP contribution in [0.25, 0.3) is 0 Å². The zero-order valence-electron chi connectivity index (χ0n) is 11.9. The number of nitriles is 1. The molecule has 0 aliphatic carbocycles. The first-order valence-electron chi connectivity index (χ1n) is 7.11. The van der Waals surface area contributed by atoms with E-state index in [0.717, 1.165) is 24.6 Å². The van der Waals surface area contributed by atoms with Crippen molar-refractivity contribution < 1.29 is 0 Å². The molecule has 2 unspecified atom stereocenters. The van der Waals surface area contributed by atoms with E-state index in [1.807, 2.05) is 18.2 Å². The first-order valence-corrected chi connectivity index (χ1v) is 7.11. The number of hydrogen-bond donors (Lipinski definition) is 1. The molecule has 2 atom stereocenters. The molecule has 0 saturated carbocycles. The minimum atomic E-state index is 0.357. The van der Waals surface area contributed by atoms with Gasteiger partial charge in [-0.3, -0.25) is 4.90 Å². The first-order chi connectivity index (χ1) is 9.20. The lowest BCUT2D eigenvalue weighted by Gasteiger charge is -2.31. The van der Waals surface area contributed by atoms with Gasteiger partial charge < -0.3 is 5.32 Å². The van der Waals surface area contributed by atoms with Crippen molar-refractivity contribution in [2.24, 2.45) is 5.92 Å². The van der Waals surface area contributed by atoms with Crippen LogP contribution in [-0.4, -0.2) is 31.6 Å². The van der Waals surface area contributed by atoms with E-state index in [-0.39, 0.29) is 0 Å². The Morgan fingerprint density at radius 2 is 2.37 bits per heavy atom. The van der Waals surface area contributed by atoms with Crippen LogP contribution in [0.5, 0.6) is 0 Å². The molecule has 1 N–H and O–H groups in total. The highest BCUT2D eigenvalue weighted by molar-refractivity contribution is 5.34. The highest BCUT2D eigenvalue weighted by Crippen LogP contribution is 2.22. The van der Waals surface area contributed by atoms with Crippen LogP contribution in [0.15, 0.2) is 24.3 Å². The molecule has 19 heavy (non-hydrogen) atoms. The molecular formula is C16H23N3.